The third kappa shape index (κ3) is 2.97. The highest BCUT2D eigenvalue weighted by molar-refractivity contribution is 7.17. The number of nitrogens with zero attached hydrogens (tertiary/aromatic N) is 2. The van der Waals surface area contributed by atoms with Crippen molar-refractivity contribution < 1.29 is 9.53 Å². The maximum atomic E-state index is 12.9. The lowest BCUT2D eigenvalue weighted by molar-refractivity contribution is -0.151. The first-order valence-corrected chi connectivity index (χ1v) is 8.61. The summed E-state index contributed by atoms with van der Waals surface area (Å²) < 4.78 is 6.55. The number of fused-ring (bicyclic) bond motifs is 1. The zero-order valence-corrected chi connectivity index (χ0v) is 14.5. The van der Waals surface area contributed by atoms with E-state index in [9.17, 15) is 9.59 Å². The van der Waals surface area contributed by atoms with Crippen molar-refractivity contribution in [2.45, 2.75) is 32.9 Å². The van der Waals surface area contributed by atoms with Crippen molar-refractivity contribution in [1.29, 1.82) is 0 Å². The number of ether oxygens (including phenoxy) is 1. The van der Waals surface area contributed by atoms with Crippen molar-refractivity contribution in [3.63, 3.8) is 0 Å². The van der Waals surface area contributed by atoms with Crippen molar-refractivity contribution in [3.05, 3.63) is 52.4 Å². The third-order valence-corrected chi connectivity index (χ3v) is 4.60. The number of benzene rings is 1. The first-order valence-electron chi connectivity index (χ1n) is 7.73. The van der Waals surface area contributed by atoms with Crippen LogP contribution >= 0.6 is 11.3 Å². The molecule has 1 aromatic carbocycles. The Labute approximate surface area is 143 Å². The van der Waals surface area contributed by atoms with E-state index in [-0.39, 0.29) is 11.7 Å². The largest absolute Gasteiger partial charge is 0.461 e. The van der Waals surface area contributed by atoms with E-state index in [4.69, 9.17) is 4.74 Å². The van der Waals surface area contributed by atoms with Gasteiger partial charge in [-0.2, -0.15) is 0 Å². The van der Waals surface area contributed by atoms with Gasteiger partial charge in [0.05, 0.1) is 17.8 Å². The highest BCUT2D eigenvalue weighted by Crippen LogP contribution is 2.30. The van der Waals surface area contributed by atoms with Gasteiger partial charge in [0.2, 0.25) is 0 Å². The molecule has 0 saturated heterocycles. The van der Waals surface area contributed by atoms with E-state index < -0.39 is 12.0 Å². The summed E-state index contributed by atoms with van der Waals surface area (Å²) in [5, 5.41) is 2.47. The predicted molar refractivity (Wildman–Crippen MR) is 95.3 cm³/mol. The molecule has 0 fully saturated rings. The van der Waals surface area contributed by atoms with E-state index in [0.717, 1.165) is 11.1 Å². The normalized spacial score (nSPS) is 12.5. The molecule has 0 radical (unpaired) electrons. The molecule has 0 saturated carbocycles. The van der Waals surface area contributed by atoms with Gasteiger partial charge in [-0.25, -0.2) is 9.78 Å². The van der Waals surface area contributed by atoms with Crippen LogP contribution < -0.4 is 5.56 Å². The Kier molecular flexibility index (Phi) is 4.49. The second-order valence-electron chi connectivity index (χ2n) is 5.81. The topological polar surface area (TPSA) is 61.2 Å². The summed E-state index contributed by atoms with van der Waals surface area (Å²) in [6.45, 7) is 5.20. The van der Waals surface area contributed by atoms with Gasteiger partial charge in [-0.15, -0.1) is 11.3 Å². The molecular weight excluding hydrogens is 324 g/mol. The van der Waals surface area contributed by atoms with Crippen LogP contribution in [0.4, 0.5) is 0 Å². The molecular formula is C18H18N2O3S. The fourth-order valence-corrected chi connectivity index (χ4v) is 3.40. The van der Waals surface area contributed by atoms with Crippen LogP contribution in [-0.4, -0.2) is 21.6 Å². The Morgan fingerprint density at radius 3 is 2.58 bits per heavy atom. The second kappa shape index (κ2) is 6.57. The zero-order valence-electron chi connectivity index (χ0n) is 13.7. The Morgan fingerprint density at radius 2 is 1.92 bits per heavy atom. The molecule has 0 unspecified atom stereocenters. The first kappa shape index (κ1) is 16.4. The van der Waals surface area contributed by atoms with Gasteiger partial charge >= 0.3 is 5.97 Å². The SMILES string of the molecule is CC(C)OC(=O)[C@@H](C)n1cnc2scc(-c3ccccc3)c2c1=O. The van der Waals surface area contributed by atoms with Gasteiger partial charge < -0.3 is 4.74 Å². The molecule has 0 aliphatic rings. The smallest absolute Gasteiger partial charge is 0.329 e. The lowest BCUT2D eigenvalue weighted by Gasteiger charge is -2.16. The molecule has 24 heavy (non-hydrogen) atoms. The molecule has 2 aromatic heterocycles. The van der Waals surface area contributed by atoms with Crippen molar-refractivity contribution >= 4 is 27.5 Å². The maximum absolute atomic E-state index is 12.9. The highest BCUT2D eigenvalue weighted by Gasteiger charge is 2.21. The molecule has 3 rings (SSSR count). The number of rotatable bonds is 4. The van der Waals surface area contributed by atoms with E-state index in [0.29, 0.717) is 10.2 Å². The van der Waals surface area contributed by atoms with E-state index >= 15 is 0 Å². The van der Waals surface area contributed by atoms with Crippen molar-refractivity contribution in [2.75, 3.05) is 0 Å². The van der Waals surface area contributed by atoms with Crippen molar-refractivity contribution in [1.82, 2.24) is 9.55 Å². The summed E-state index contributed by atoms with van der Waals surface area (Å²) in [5.41, 5.74) is 1.57. The summed E-state index contributed by atoms with van der Waals surface area (Å²) >= 11 is 1.42. The number of hydrogen-bond donors (Lipinski definition) is 0. The van der Waals surface area contributed by atoms with Crippen LogP contribution in [0.2, 0.25) is 0 Å². The van der Waals surface area contributed by atoms with Crippen molar-refractivity contribution in [2.24, 2.45) is 0 Å². The monoisotopic (exact) mass is 342 g/mol. The van der Waals surface area contributed by atoms with Crippen molar-refractivity contribution in [3.8, 4) is 11.1 Å². The molecule has 0 N–H and O–H groups in total. The van der Waals surface area contributed by atoms with Gasteiger partial charge in [0.25, 0.3) is 5.56 Å². The lowest BCUT2D eigenvalue weighted by Crippen LogP contribution is -2.30. The van der Waals surface area contributed by atoms with E-state index in [1.165, 1.54) is 22.2 Å². The van der Waals surface area contributed by atoms with E-state index in [2.05, 4.69) is 4.98 Å². The minimum absolute atomic E-state index is 0.228. The van der Waals surface area contributed by atoms with Gasteiger partial charge in [-0.05, 0) is 26.3 Å². The molecule has 6 heteroatoms. The number of carbonyl (C=O) groups excluding carboxylic acids is 1. The summed E-state index contributed by atoms with van der Waals surface area (Å²) in [7, 11) is 0. The Morgan fingerprint density at radius 1 is 1.21 bits per heavy atom. The van der Waals surface area contributed by atoms with Gasteiger partial charge in [-0.3, -0.25) is 9.36 Å². The summed E-state index contributed by atoms with van der Waals surface area (Å²) in [5.74, 6) is -0.440. The number of carbonyl (C=O) groups is 1. The standard InChI is InChI=1S/C18H18N2O3S/c1-11(2)23-18(22)12(3)20-10-19-16-15(17(20)21)14(9-24-16)13-7-5-4-6-8-13/h4-12H,1-3H3/t12-/m1/s1. The number of hydrogen-bond acceptors (Lipinski definition) is 5. The highest BCUT2D eigenvalue weighted by atomic mass is 32.1. The summed E-state index contributed by atoms with van der Waals surface area (Å²) in [4.78, 5) is 30.1. The molecule has 0 aliphatic heterocycles. The Bertz CT molecular complexity index is 928. The number of thiophene rings is 1. The molecule has 3 aromatic rings. The molecule has 124 valence electrons. The number of esters is 1. The van der Waals surface area contributed by atoms with Crippen LogP contribution in [-0.2, 0) is 9.53 Å². The van der Waals surface area contributed by atoms with Crippen LogP contribution in [0.3, 0.4) is 0 Å². The molecule has 1 atom stereocenters. The Hall–Kier alpha value is -2.47. The van der Waals surface area contributed by atoms with E-state index in [1.54, 1.807) is 20.8 Å². The van der Waals surface area contributed by atoms with Gasteiger partial charge in [-0.1, -0.05) is 30.3 Å². The quantitative estimate of drug-likeness (QED) is 0.679. The molecule has 0 aliphatic carbocycles. The van der Waals surface area contributed by atoms with Gasteiger partial charge in [0.15, 0.2) is 0 Å². The van der Waals surface area contributed by atoms with E-state index in [1.807, 2.05) is 35.7 Å². The molecule has 5 nitrogen and oxygen atoms in total. The summed E-state index contributed by atoms with van der Waals surface area (Å²) in [6.07, 6.45) is 1.19. The maximum Gasteiger partial charge on any atom is 0.329 e. The first-order chi connectivity index (χ1) is 11.5. The fraction of sp³-hybridized carbons (Fsp3) is 0.278. The van der Waals surface area contributed by atoms with Crippen LogP contribution in [0.1, 0.15) is 26.8 Å². The van der Waals surface area contributed by atoms with Crippen LogP contribution in [0.5, 0.6) is 0 Å². The van der Waals surface area contributed by atoms with Crippen LogP contribution in [0, 0.1) is 0 Å². The number of aromatic nitrogens is 2. The Balaban J connectivity index is 2.11. The predicted octanol–water partition coefficient (Wildman–Crippen LogP) is 3.64. The average Bonchev–Trinajstić information content (AvgIpc) is 3.00. The fourth-order valence-electron chi connectivity index (χ4n) is 2.50. The molecule has 0 amide bonds. The minimum Gasteiger partial charge on any atom is -0.461 e. The molecule has 0 bridgehead atoms. The second-order valence-corrected chi connectivity index (χ2v) is 6.67. The molecule has 2 heterocycles. The third-order valence-electron chi connectivity index (χ3n) is 3.71. The minimum atomic E-state index is -0.722. The van der Waals surface area contributed by atoms with Gasteiger partial charge in [0.1, 0.15) is 10.9 Å². The molecule has 0 spiro atoms. The average molecular weight is 342 g/mol. The zero-order chi connectivity index (χ0) is 17.3. The lowest BCUT2D eigenvalue weighted by atomic mass is 10.1. The summed E-state index contributed by atoms with van der Waals surface area (Å²) in [6, 6.07) is 8.97. The van der Waals surface area contributed by atoms with Crippen LogP contribution in [0.25, 0.3) is 21.3 Å². The van der Waals surface area contributed by atoms with Gasteiger partial charge in [0, 0.05) is 10.9 Å². The van der Waals surface area contributed by atoms with Crippen LogP contribution in [0.15, 0.2) is 46.8 Å².